The van der Waals surface area contributed by atoms with Gasteiger partial charge in [0.1, 0.15) is 0 Å². The van der Waals surface area contributed by atoms with Gasteiger partial charge in [0.05, 0.1) is 13.2 Å². The standard InChI is InChI=1S/C17H21N7O3/c1-22(2)8-5-9-27-16-19-13-14(20-21-16)24(17(26)23(3)15(13)25)11-12-6-4-7-18-10-12/h4,6-7,10H,5,8-9,11H2,1-3H3. The zero-order valence-corrected chi connectivity index (χ0v) is 15.5. The Balaban J connectivity index is 1.97. The van der Waals surface area contributed by atoms with Crippen molar-refractivity contribution < 1.29 is 4.74 Å². The van der Waals surface area contributed by atoms with Crippen LogP contribution in [0.4, 0.5) is 0 Å². The van der Waals surface area contributed by atoms with Crippen molar-refractivity contribution in [3.8, 4) is 6.01 Å². The molecule has 0 N–H and O–H groups in total. The molecule has 3 aromatic heterocycles. The summed E-state index contributed by atoms with van der Waals surface area (Å²) >= 11 is 0. The van der Waals surface area contributed by atoms with E-state index in [9.17, 15) is 9.59 Å². The predicted molar refractivity (Wildman–Crippen MR) is 98.8 cm³/mol. The Morgan fingerprint density at radius 3 is 2.74 bits per heavy atom. The van der Waals surface area contributed by atoms with Crippen LogP contribution >= 0.6 is 0 Å². The first-order valence-corrected chi connectivity index (χ1v) is 8.48. The SMILES string of the molecule is CN(C)CCCOc1nnc2c(n1)c(=O)n(C)c(=O)n2Cc1cccnc1. The van der Waals surface area contributed by atoms with Crippen LogP contribution < -0.4 is 16.0 Å². The minimum absolute atomic E-state index is 0.0185. The fourth-order valence-electron chi connectivity index (χ4n) is 2.57. The second-order valence-corrected chi connectivity index (χ2v) is 6.37. The number of hydrogen-bond acceptors (Lipinski definition) is 8. The van der Waals surface area contributed by atoms with Crippen LogP contribution in [0.25, 0.3) is 11.2 Å². The van der Waals surface area contributed by atoms with Crippen molar-refractivity contribution in [2.24, 2.45) is 7.05 Å². The molecule has 0 fully saturated rings. The molecule has 0 atom stereocenters. The van der Waals surface area contributed by atoms with E-state index in [4.69, 9.17) is 4.74 Å². The predicted octanol–water partition coefficient (Wildman–Crippen LogP) is -0.341. The van der Waals surface area contributed by atoms with Crippen molar-refractivity contribution in [1.82, 2.24) is 34.2 Å². The molecule has 0 spiro atoms. The van der Waals surface area contributed by atoms with Crippen LogP contribution in [0.5, 0.6) is 6.01 Å². The maximum Gasteiger partial charge on any atom is 0.336 e. The molecule has 0 saturated carbocycles. The molecule has 3 aromatic rings. The molecule has 0 aliphatic rings. The maximum absolute atomic E-state index is 12.5. The molecule has 0 bridgehead atoms. The summed E-state index contributed by atoms with van der Waals surface area (Å²) in [5, 5.41) is 7.95. The molecule has 0 unspecified atom stereocenters. The van der Waals surface area contributed by atoms with E-state index in [1.165, 1.54) is 11.6 Å². The van der Waals surface area contributed by atoms with Crippen molar-refractivity contribution in [3.05, 3.63) is 50.9 Å². The van der Waals surface area contributed by atoms with Crippen LogP contribution in [-0.2, 0) is 13.6 Å². The van der Waals surface area contributed by atoms with E-state index in [-0.39, 0.29) is 23.7 Å². The van der Waals surface area contributed by atoms with E-state index < -0.39 is 11.2 Å². The fourth-order valence-corrected chi connectivity index (χ4v) is 2.57. The average molecular weight is 371 g/mol. The zero-order valence-electron chi connectivity index (χ0n) is 15.5. The monoisotopic (exact) mass is 371 g/mol. The van der Waals surface area contributed by atoms with Gasteiger partial charge in [-0.3, -0.25) is 18.9 Å². The van der Waals surface area contributed by atoms with Gasteiger partial charge in [0.15, 0.2) is 11.2 Å². The van der Waals surface area contributed by atoms with Gasteiger partial charge < -0.3 is 9.64 Å². The Bertz CT molecular complexity index is 1040. The Morgan fingerprint density at radius 1 is 1.22 bits per heavy atom. The quantitative estimate of drug-likeness (QED) is 0.519. The highest BCUT2D eigenvalue weighted by Crippen LogP contribution is 2.08. The number of rotatable bonds is 7. The zero-order chi connectivity index (χ0) is 19.4. The minimum Gasteiger partial charge on any atom is -0.462 e. The maximum atomic E-state index is 12.5. The van der Waals surface area contributed by atoms with Gasteiger partial charge in [-0.2, -0.15) is 4.98 Å². The van der Waals surface area contributed by atoms with Gasteiger partial charge in [0.2, 0.25) is 0 Å². The summed E-state index contributed by atoms with van der Waals surface area (Å²) in [5.74, 6) is 0. The van der Waals surface area contributed by atoms with E-state index in [1.54, 1.807) is 18.5 Å². The lowest BCUT2D eigenvalue weighted by molar-refractivity contribution is 0.262. The molecule has 0 aromatic carbocycles. The first kappa shape index (κ1) is 18.6. The van der Waals surface area contributed by atoms with E-state index in [1.807, 2.05) is 25.1 Å². The Kier molecular flexibility index (Phi) is 5.55. The molecule has 0 amide bonds. The fraction of sp³-hybridized carbons (Fsp3) is 0.412. The second kappa shape index (κ2) is 8.04. The molecule has 10 heteroatoms. The lowest BCUT2D eigenvalue weighted by atomic mass is 10.3. The van der Waals surface area contributed by atoms with E-state index >= 15 is 0 Å². The van der Waals surface area contributed by atoms with Crippen LogP contribution in [-0.4, -0.2) is 61.4 Å². The number of aromatic nitrogens is 6. The van der Waals surface area contributed by atoms with Crippen LogP contribution in [0.1, 0.15) is 12.0 Å². The van der Waals surface area contributed by atoms with Gasteiger partial charge in [-0.05, 0) is 32.1 Å². The van der Waals surface area contributed by atoms with Gasteiger partial charge in [-0.25, -0.2) is 4.79 Å². The van der Waals surface area contributed by atoms with E-state index in [0.717, 1.165) is 23.1 Å². The third kappa shape index (κ3) is 4.17. The molecule has 0 radical (unpaired) electrons. The van der Waals surface area contributed by atoms with Gasteiger partial charge in [0.25, 0.3) is 5.56 Å². The van der Waals surface area contributed by atoms with Crippen molar-refractivity contribution >= 4 is 11.2 Å². The molecule has 3 rings (SSSR count). The molecule has 0 aliphatic carbocycles. The first-order valence-electron chi connectivity index (χ1n) is 8.48. The van der Waals surface area contributed by atoms with Crippen molar-refractivity contribution in [2.45, 2.75) is 13.0 Å². The van der Waals surface area contributed by atoms with Crippen LogP contribution in [0.3, 0.4) is 0 Å². The Labute approximate surface area is 155 Å². The van der Waals surface area contributed by atoms with Crippen LogP contribution in [0.2, 0.25) is 0 Å². The summed E-state index contributed by atoms with van der Waals surface area (Å²) in [6.45, 7) is 1.46. The summed E-state index contributed by atoms with van der Waals surface area (Å²) in [4.78, 5) is 35.3. The van der Waals surface area contributed by atoms with Crippen molar-refractivity contribution in [1.29, 1.82) is 0 Å². The van der Waals surface area contributed by atoms with Crippen molar-refractivity contribution in [2.75, 3.05) is 27.2 Å². The normalized spacial score (nSPS) is 11.3. The van der Waals surface area contributed by atoms with Crippen LogP contribution in [0.15, 0.2) is 34.1 Å². The largest absolute Gasteiger partial charge is 0.462 e. The number of nitrogens with zero attached hydrogens (tertiary/aromatic N) is 7. The van der Waals surface area contributed by atoms with E-state index in [0.29, 0.717) is 6.61 Å². The highest BCUT2D eigenvalue weighted by Gasteiger charge is 2.16. The Hall–Kier alpha value is -3.14. The Morgan fingerprint density at radius 2 is 2.04 bits per heavy atom. The van der Waals surface area contributed by atoms with Gasteiger partial charge in [0, 0.05) is 26.0 Å². The van der Waals surface area contributed by atoms with Crippen LogP contribution in [0, 0.1) is 0 Å². The number of hydrogen-bond donors (Lipinski definition) is 0. The summed E-state index contributed by atoms with van der Waals surface area (Å²) in [5.41, 5.74) is -0.0749. The summed E-state index contributed by atoms with van der Waals surface area (Å²) < 4.78 is 7.84. The number of ether oxygens (including phenoxy) is 1. The average Bonchev–Trinajstić information content (AvgIpc) is 2.67. The van der Waals surface area contributed by atoms with E-state index in [2.05, 4.69) is 20.2 Å². The topological polar surface area (TPSA) is 108 Å². The summed E-state index contributed by atoms with van der Waals surface area (Å²) in [7, 11) is 5.35. The minimum atomic E-state index is -0.537. The summed E-state index contributed by atoms with van der Waals surface area (Å²) in [6, 6.07) is 3.62. The number of fused-ring (bicyclic) bond motifs is 1. The third-order valence-electron chi connectivity index (χ3n) is 3.97. The molecule has 0 saturated heterocycles. The first-order chi connectivity index (χ1) is 13.0. The lowest BCUT2D eigenvalue weighted by Gasteiger charge is -2.11. The van der Waals surface area contributed by atoms with Crippen molar-refractivity contribution in [3.63, 3.8) is 0 Å². The van der Waals surface area contributed by atoms with Gasteiger partial charge in [-0.1, -0.05) is 11.2 Å². The molecule has 27 heavy (non-hydrogen) atoms. The highest BCUT2D eigenvalue weighted by molar-refractivity contribution is 5.68. The second-order valence-electron chi connectivity index (χ2n) is 6.37. The van der Waals surface area contributed by atoms with Gasteiger partial charge in [-0.15, -0.1) is 5.10 Å². The molecule has 142 valence electrons. The number of pyridine rings is 1. The molecular weight excluding hydrogens is 350 g/mol. The smallest absolute Gasteiger partial charge is 0.336 e. The molecule has 10 nitrogen and oxygen atoms in total. The molecule has 3 heterocycles. The summed E-state index contributed by atoms with van der Waals surface area (Å²) in [6.07, 6.45) is 4.08. The molecular formula is C17H21N7O3. The highest BCUT2D eigenvalue weighted by atomic mass is 16.5. The molecule has 0 aliphatic heterocycles. The lowest BCUT2D eigenvalue weighted by Crippen LogP contribution is -2.39. The van der Waals surface area contributed by atoms with Gasteiger partial charge >= 0.3 is 11.7 Å². The third-order valence-corrected chi connectivity index (χ3v) is 3.97.